The number of rotatable bonds is 4. The molecule has 14 heavy (non-hydrogen) atoms. The zero-order valence-corrected chi connectivity index (χ0v) is 9.81. The van der Waals surface area contributed by atoms with Crippen molar-refractivity contribution in [3.05, 3.63) is 0 Å². The van der Waals surface area contributed by atoms with Crippen LogP contribution in [0.15, 0.2) is 0 Å². The molecule has 3 heteroatoms. The predicted octanol–water partition coefficient (Wildman–Crippen LogP) is 1.90. The Bertz CT molecular complexity index is 171. The topological polar surface area (TPSA) is 21.3 Å². The van der Waals surface area contributed by atoms with Crippen LogP contribution in [-0.2, 0) is 4.74 Å². The Kier molecular flexibility index (Phi) is 4.14. The molecule has 2 heterocycles. The van der Waals surface area contributed by atoms with Crippen molar-refractivity contribution in [2.75, 3.05) is 24.7 Å². The summed E-state index contributed by atoms with van der Waals surface area (Å²) in [6.45, 7) is 4.38. The number of hydrogen-bond donors (Lipinski definition) is 1. The van der Waals surface area contributed by atoms with Gasteiger partial charge in [-0.3, -0.25) is 0 Å². The van der Waals surface area contributed by atoms with E-state index >= 15 is 0 Å². The maximum Gasteiger partial charge on any atom is 0.0613 e. The summed E-state index contributed by atoms with van der Waals surface area (Å²) in [4.78, 5) is 0. The van der Waals surface area contributed by atoms with E-state index in [-0.39, 0.29) is 0 Å². The van der Waals surface area contributed by atoms with Gasteiger partial charge in [0.05, 0.1) is 6.10 Å². The molecule has 1 N–H and O–H groups in total. The van der Waals surface area contributed by atoms with Crippen LogP contribution in [0.4, 0.5) is 0 Å². The van der Waals surface area contributed by atoms with Crippen LogP contribution in [-0.4, -0.2) is 36.8 Å². The number of thioether (sulfide) groups is 1. The van der Waals surface area contributed by atoms with Gasteiger partial charge in [0.1, 0.15) is 0 Å². The second kappa shape index (κ2) is 5.38. The molecule has 2 rings (SSSR count). The molecular weight excluding hydrogens is 194 g/mol. The molecule has 82 valence electrons. The molecule has 2 aliphatic rings. The molecule has 0 aromatic carbocycles. The summed E-state index contributed by atoms with van der Waals surface area (Å²) < 4.78 is 5.68. The summed E-state index contributed by atoms with van der Waals surface area (Å²) in [5.41, 5.74) is 0. The van der Waals surface area contributed by atoms with E-state index < -0.39 is 0 Å². The summed E-state index contributed by atoms with van der Waals surface area (Å²) in [5.74, 6) is 3.42. The van der Waals surface area contributed by atoms with Crippen LogP contribution in [0, 0.1) is 5.92 Å². The van der Waals surface area contributed by atoms with Gasteiger partial charge in [0.2, 0.25) is 0 Å². The normalized spacial score (nSPS) is 37.9. The smallest absolute Gasteiger partial charge is 0.0613 e. The molecule has 2 fully saturated rings. The third-order valence-electron chi connectivity index (χ3n) is 3.35. The SMILES string of the molecule is CCC1OCCC1CNC1CCSC1. The third kappa shape index (κ3) is 2.65. The second-order valence-corrected chi connectivity index (χ2v) is 5.48. The average molecular weight is 215 g/mol. The first-order valence-electron chi connectivity index (χ1n) is 5.83. The van der Waals surface area contributed by atoms with Crippen molar-refractivity contribution in [1.82, 2.24) is 5.32 Å². The lowest BCUT2D eigenvalue weighted by molar-refractivity contribution is 0.0868. The lowest BCUT2D eigenvalue weighted by Gasteiger charge is -2.19. The fourth-order valence-corrected chi connectivity index (χ4v) is 3.58. The summed E-state index contributed by atoms with van der Waals surface area (Å²) >= 11 is 2.08. The summed E-state index contributed by atoms with van der Waals surface area (Å²) in [6.07, 6.45) is 4.31. The second-order valence-electron chi connectivity index (χ2n) is 4.34. The average Bonchev–Trinajstić information content (AvgIpc) is 2.85. The van der Waals surface area contributed by atoms with Crippen molar-refractivity contribution in [2.24, 2.45) is 5.92 Å². The van der Waals surface area contributed by atoms with Crippen LogP contribution < -0.4 is 5.32 Å². The highest BCUT2D eigenvalue weighted by Crippen LogP contribution is 2.23. The highest BCUT2D eigenvalue weighted by Gasteiger charge is 2.27. The number of nitrogens with one attached hydrogen (secondary N) is 1. The monoisotopic (exact) mass is 215 g/mol. The zero-order valence-electron chi connectivity index (χ0n) is 9.00. The minimum atomic E-state index is 0.525. The van der Waals surface area contributed by atoms with Gasteiger partial charge in [-0.1, -0.05) is 6.92 Å². The standard InChI is InChI=1S/C11H21NOS/c1-2-11-9(3-5-13-11)7-12-10-4-6-14-8-10/h9-12H,2-8H2,1H3. The molecule has 3 atom stereocenters. The molecule has 0 aliphatic carbocycles. The summed E-state index contributed by atoms with van der Waals surface area (Å²) in [6, 6.07) is 0.776. The predicted molar refractivity (Wildman–Crippen MR) is 61.9 cm³/mol. The lowest BCUT2D eigenvalue weighted by Crippen LogP contribution is -2.35. The van der Waals surface area contributed by atoms with E-state index in [1.54, 1.807) is 0 Å². The van der Waals surface area contributed by atoms with Gasteiger partial charge in [-0.2, -0.15) is 11.8 Å². The first kappa shape index (κ1) is 10.8. The molecule has 0 bridgehead atoms. The molecule has 0 spiro atoms. The van der Waals surface area contributed by atoms with Crippen molar-refractivity contribution < 1.29 is 4.74 Å². The van der Waals surface area contributed by atoms with Crippen LogP contribution in [0.25, 0.3) is 0 Å². The first-order valence-corrected chi connectivity index (χ1v) is 6.98. The molecule has 0 radical (unpaired) electrons. The van der Waals surface area contributed by atoms with E-state index in [1.807, 2.05) is 0 Å². The minimum absolute atomic E-state index is 0.525. The van der Waals surface area contributed by atoms with Crippen molar-refractivity contribution in [2.45, 2.75) is 38.3 Å². The largest absolute Gasteiger partial charge is 0.378 e. The Morgan fingerprint density at radius 2 is 2.36 bits per heavy atom. The summed E-state index contributed by atoms with van der Waals surface area (Å²) in [7, 11) is 0. The maximum atomic E-state index is 5.68. The van der Waals surface area contributed by atoms with E-state index in [1.165, 1.54) is 37.3 Å². The molecule has 0 aromatic heterocycles. The van der Waals surface area contributed by atoms with E-state index in [2.05, 4.69) is 24.0 Å². The van der Waals surface area contributed by atoms with Crippen molar-refractivity contribution in [3.63, 3.8) is 0 Å². The molecule has 3 unspecified atom stereocenters. The molecule has 2 nitrogen and oxygen atoms in total. The van der Waals surface area contributed by atoms with E-state index in [0.29, 0.717) is 6.10 Å². The van der Waals surface area contributed by atoms with Crippen LogP contribution in [0.3, 0.4) is 0 Å². The highest BCUT2D eigenvalue weighted by atomic mass is 32.2. The molecule has 0 saturated carbocycles. The Hall–Kier alpha value is 0.270. The van der Waals surface area contributed by atoms with Gasteiger partial charge < -0.3 is 10.1 Å². The molecule has 0 amide bonds. The Labute approximate surface area is 91.2 Å². The first-order chi connectivity index (χ1) is 6.90. The van der Waals surface area contributed by atoms with Crippen LogP contribution in [0.1, 0.15) is 26.2 Å². The van der Waals surface area contributed by atoms with Gasteiger partial charge in [-0.15, -0.1) is 0 Å². The molecule has 2 aliphatic heterocycles. The lowest BCUT2D eigenvalue weighted by atomic mass is 9.99. The highest BCUT2D eigenvalue weighted by molar-refractivity contribution is 7.99. The number of ether oxygens (including phenoxy) is 1. The fraction of sp³-hybridized carbons (Fsp3) is 1.00. The maximum absolute atomic E-state index is 5.68. The quantitative estimate of drug-likeness (QED) is 0.774. The van der Waals surface area contributed by atoms with Gasteiger partial charge in [0.25, 0.3) is 0 Å². The van der Waals surface area contributed by atoms with E-state index in [0.717, 1.165) is 18.6 Å². The molecule has 2 saturated heterocycles. The zero-order chi connectivity index (χ0) is 9.80. The third-order valence-corrected chi connectivity index (χ3v) is 4.51. The Morgan fingerprint density at radius 3 is 3.07 bits per heavy atom. The Balaban J connectivity index is 1.68. The minimum Gasteiger partial charge on any atom is -0.378 e. The van der Waals surface area contributed by atoms with E-state index in [4.69, 9.17) is 4.74 Å². The summed E-state index contributed by atoms with van der Waals surface area (Å²) in [5, 5.41) is 3.69. The van der Waals surface area contributed by atoms with E-state index in [9.17, 15) is 0 Å². The molecule has 0 aromatic rings. The number of hydrogen-bond acceptors (Lipinski definition) is 3. The Morgan fingerprint density at radius 1 is 1.43 bits per heavy atom. The van der Waals surface area contributed by atoms with Gasteiger partial charge >= 0.3 is 0 Å². The van der Waals surface area contributed by atoms with Gasteiger partial charge in [0.15, 0.2) is 0 Å². The van der Waals surface area contributed by atoms with Crippen LogP contribution >= 0.6 is 11.8 Å². The van der Waals surface area contributed by atoms with Gasteiger partial charge in [0, 0.05) is 24.9 Å². The van der Waals surface area contributed by atoms with Gasteiger partial charge in [-0.05, 0) is 30.9 Å². The van der Waals surface area contributed by atoms with Crippen molar-refractivity contribution in [1.29, 1.82) is 0 Å². The fourth-order valence-electron chi connectivity index (χ4n) is 2.39. The van der Waals surface area contributed by atoms with Crippen molar-refractivity contribution >= 4 is 11.8 Å². The van der Waals surface area contributed by atoms with Crippen LogP contribution in [0.5, 0.6) is 0 Å². The van der Waals surface area contributed by atoms with Crippen LogP contribution in [0.2, 0.25) is 0 Å². The van der Waals surface area contributed by atoms with Crippen molar-refractivity contribution in [3.8, 4) is 0 Å². The molecular formula is C11H21NOS. The van der Waals surface area contributed by atoms with Gasteiger partial charge in [-0.25, -0.2) is 0 Å².